The van der Waals surface area contributed by atoms with Gasteiger partial charge in [-0.2, -0.15) is 0 Å². The predicted molar refractivity (Wildman–Crippen MR) is 199 cm³/mol. The molecular weight excluding hydrogens is 662 g/mol. The molecule has 4 rings (SSSR count). The number of alkyl carbamates (subject to hydrolysis) is 1. The molecule has 2 aromatic rings. The Hall–Kier alpha value is -4.41. The number of amides is 3. The number of nitrogens with one attached hydrogen (secondary N) is 2. The third-order valence-electron chi connectivity index (χ3n) is 9.75. The Morgan fingerprint density at radius 1 is 0.846 bits per heavy atom. The first-order valence-corrected chi connectivity index (χ1v) is 18.6. The van der Waals surface area contributed by atoms with Crippen molar-refractivity contribution in [2.45, 2.75) is 117 Å². The number of carbonyl (C=O) groups is 5. The third kappa shape index (κ3) is 12.4. The zero-order valence-corrected chi connectivity index (χ0v) is 31.9. The van der Waals surface area contributed by atoms with Crippen LogP contribution in [-0.4, -0.2) is 76.7 Å². The first-order valence-electron chi connectivity index (χ1n) is 18.6. The molecule has 11 heteroatoms. The number of hydrogen-bond donors (Lipinski definition) is 3. The van der Waals surface area contributed by atoms with E-state index in [0.29, 0.717) is 50.9 Å². The number of aliphatic carboxylic acids is 1. The minimum atomic E-state index is -0.981. The summed E-state index contributed by atoms with van der Waals surface area (Å²) in [5.41, 5.74) is 3.15. The summed E-state index contributed by atoms with van der Waals surface area (Å²) in [6, 6.07) is 13.3. The Balaban J connectivity index is 1.25. The molecule has 2 aromatic carbocycles. The van der Waals surface area contributed by atoms with E-state index in [1.807, 2.05) is 84.9 Å². The van der Waals surface area contributed by atoms with Crippen LogP contribution in [0.1, 0.15) is 108 Å². The number of nitrogens with zero attached hydrogens (tertiary/aromatic N) is 1. The lowest BCUT2D eigenvalue weighted by Crippen LogP contribution is -2.47. The van der Waals surface area contributed by atoms with E-state index < -0.39 is 29.2 Å². The monoisotopic (exact) mass is 719 g/mol. The van der Waals surface area contributed by atoms with Crippen molar-refractivity contribution in [3.05, 3.63) is 59.2 Å². The Bertz CT molecular complexity index is 1570. The SMILES string of the molecule is Cc1cc(C(=O)NC2CCN(C(=O)OC(C)(C)C)CC2)ccc1-c1ccc(C[C@H](CC(=O)C2CCC(CNC(=O)OC(C)(C)C)CC2)C(=O)O)cc1. The van der Waals surface area contributed by atoms with Crippen molar-refractivity contribution in [3.8, 4) is 11.1 Å². The molecule has 1 heterocycles. The smallest absolute Gasteiger partial charge is 0.410 e. The van der Waals surface area contributed by atoms with Crippen LogP contribution >= 0.6 is 0 Å². The normalized spacial score (nSPS) is 18.9. The number of rotatable bonds is 11. The van der Waals surface area contributed by atoms with Crippen molar-refractivity contribution >= 4 is 29.8 Å². The minimum absolute atomic E-state index is 0.00589. The van der Waals surface area contributed by atoms with Gasteiger partial charge in [0.05, 0.1) is 5.92 Å². The number of piperidine rings is 1. The van der Waals surface area contributed by atoms with Gasteiger partial charge in [0, 0.05) is 43.6 Å². The van der Waals surface area contributed by atoms with Crippen molar-refractivity contribution in [2.75, 3.05) is 19.6 Å². The Morgan fingerprint density at radius 2 is 1.46 bits per heavy atom. The molecule has 11 nitrogen and oxygen atoms in total. The maximum atomic E-state index is 13.2. The first-order chi connectivity index (χ1) is 24.4. The van der Waals surface area contributed by atoms with Crippen molar-refractivity contribution in [3.63, 3.8) is 0 Å². The molecule has 3 amide bonds. The highest BCUT2D eigenvalue weighted by molar-refractivity contribution is 5.95. The molecule has 1 aliphatic heterocycles. The molecule has 1 saturated heterocycles. The second-order valence-electron chi connectivity index (χ2n) is 16.5. The van der Waals surface area contributed by atoms with Crippen molar-refractivity contribution in [2.24, 2.45) is 17.8 Å². The summed E-state index contributed by atoms with van der Waals surface area (Å²) >= 11 is 0. The lowest BCUT2D eigenvalue weighted by Gasteiger charge is -2.33. The highest BCUT2D eigenvalue weighted by Gasteiger charge is 2.31. The van der Waals surface area contributed by atoms with Crippen LogP contribution in [0.15, 0.2) is 42.5 Å². The summed E-state index contributed by atoms with van der Waals surface area (Å²) in [6.45, 7) is 14.5. The van der Waals surface area contributed by atoms with Gasteiger partial charge >= 0.3 is 18.2 Å². The molecule has 284 valence electrons. The maximum Gasteiger partial charge on any atom is 0.410 e. The van der Waals surface area contributed by atoms with Crippen molar-refractivity contribution in [1.29, 1.82) is 0 Å². The number of ether oxygens (including phenoxy) is 2. The number of Topliss-reactive ketones (excluding diaryl/α,β-unsaturated/α-hetero) is 1. The Labute approximate surface area is 308 Å². The summed E-state index contributed by atoms with van der Waals surface area (Å²) in [4.78, 5) is 64.5. The largest absolute Gasteiger partial charge is 0.481 e. The first kappa shape index (κ1) is 40.4. The summed E-state index contributed by atoms with van der Waals surface area (Å²) in [5, 5.41) is 15.9. The average Bonchev–Trinajstić information content (AvgIpc) is 3.06. The van der Waals surface area contributed by atoms with E-state index in [-0.39, 0.29) is 48.5 Å². The number of carboxylic acid groups (broad SMARTS) is 1. The molecule has 0 bridgehead atoms. The topological polar surface area (TPSA) is 151 Å². The summed E-state index contributed by atoms with van der Waals surface area (Å²) in [6.07, 6.45) is 3.77. The number of carbonyl (C=O) groups excluding carboxylic acids is 4. The maximum absolute atomic E-state index is 13.2. The molecule has 1 saturated carbocycles. The molecule has 2 aliphatic rings. The highest BCUT2D eigenvalue weighted by atomic mass is 16.6. The van der Waals surface area contributed by atoms with Crippen LogP contribution < -0.4 is 10.6 Å². The minimum Gasteiger partial charge on any atom is -0.481 e. The quantitative estimate of drug-likeness (QED) is 0.219. The van der Waals surface area contributed by atoms with Gasteiger partial charge in [-0.3, -0.25) is 14.4 Å². The number of aryl methyl sites for hydroxylation is 1. The molecule has 0 radical (unpaired) electrons. The lowest BCUT2D eigenvalue weighted by atomic mass is 9.77. The Kier molecular flexibility index (Phi) is 13.5. The second-order valence-corrected chi connectivity index (χ2v) is 16.5. The molecule has 1 aliphatic carbocycles. The van der Waals surface area contributed by atoms with E-state index in [1.54, 1.807) is 11.0 Å². The van der Waals surface area contributed by atoms with E-state index in [9.17, 15) is 29.1 Å². The fourth-order valence-electron chi connectivity index (χ4n) is 6.92. The standard InChI is InChI=1S/C41H57N3O8/c1-26-22-31(36(46)43-33-18-20-44(21-19-33)39(50)52-41(5,6)7)16-17-34(26)29-12-8-27(9-13-29)23-32(37(47)48)24-35(45)30-14-10-28(11-15-30)25-42-38(49)51-40(2,3)4/h8-9,12-13,16-17,22,28,30,32-33H,10-11,14-15,18-21,23-25H2,1-7H3,(H,42,49)(H,43,46)(H,47,48)/t28?,30?,32-/m1/s1. The third-order valence-corrected chi connectivity index (χ3v) is 9.75. The molecule has 0 unspecified atom stereocenters. The molecular formula is C41H57N3O8. The highest BCUT2D eigenvalue weighted by Crippen LogP contribution is 2.32. The Morgan fingerprint density at radius 3 is 2.02 bits per heavy atom. The van der Waals surface area contributed by atoms with Gasteiger partial charge < -0.3 is 30.1 Å². The molecule has 3 N–H and O–H groups in total. The van der Waals surface area contributed by atoms with E-state index >= 15 is 0 Å². The number of benzene rings is 2. The second kappa shape index (κ2) is 17.4. The van der Waals surface area contributed by atoms with Crippen LogP contribution in [0.2, 0.25) is 0 Å². The molecule has 2 fully saturated rings. The fourth-order valence-corrected chi connectivity index (χ4v) is 6.92. The zero-order valence-electron chi connectivity index (χ0n) is 31.9. The van der Waals surface area contributed by atoms with Gasteiger partial charge in [-0.15, -0.1) is 0 Å². The fraction of sp³-hybridized carbons (Fsp3) is 0.585. The van der Waals surface area contributed by atoms with E-state index in [4.69, 9.17) is 9.47 Å². The van der Waals surface area contributed by atoms with Gasteiger partial charge in [0.25, 0.3) is 5.91 Å². The van der Waals surface area contributed by atoms with Crippen molar-refractivity contribution in [1.82, 2.24) is 15.5 Å². The molecule has 0 spiro atoms. The average molecular weight is 720 g/mol. The van der Waals surface area contributed by atoms with Gasteiger partial charge in [0.15, 0.2) is 0 Å². The number of hydrogen-bond acceptors (Lipinski definition) is 7. The van der Waals surface area contributed by atoms with Crippen LogP contribution in [-0.2, 0) is 25.5 Å². The van der Waals surface area contributed by atoms with Gasteiger partial charge in [-0.25, -0.2) is 9.59 Å². The van der Waals surface area contributed by atoms with Gasteiger partial charge in [-0.1, -0.05) is 30.3 Å². The molecule has 1 atom stereocenters. The van der Waals surface area contributed by atoms with Gasteiger partial charge in [-0.05, 0) is 134 Å². The van der Waals surface area contributed by atoms with Crippen LogP contribution in [0, 0.1) is 24.7 Å². The van der Waals surface area contributed by atoms with Gasteiger partial charge in [0.1, 0.15) is 17.0 Å². The van der Waals surface area contributed by atoms with Crippen LogP contribution in [0.4, 0.5) is 9.59 Å². The van der Waals surface area contributed by atoms with Gasteiger partial charge in [0.2, 0.25) is 0 Å². The summed E-state index contributed by atoms with van der Waals surface area (Å²) in [5.74, 6) is -1.84. The van der Waals surface area contributed by atoms with E-state index in [1.165, 1.54) is 0 Å². The number of ketones is 1. The predicted octanol–water partition coefficient (Wildman–Crippen LogP) is 7.32. The van der Waals surface area contributed by atoms with Crippen LogP contribution in [0.3, 0.4) is 0 Å². The zero-order chi connectivity index (χ0) is 38.2. The van der Waals surface area contributed by atoms with E-state index in [2.05, 4.69) is 10.6 Å². The van der Waals surface area contributed by atoms with E-state index in [0.717, 1.165) is 35.1 Å². The molecule has 52 heavy (non-hydrogen) atoms. The number of carboxylic acids is 1. The summed E-state index contributed by atoms with van der Waals surface area (Å²) in [7, 11) is 0. The lowest BCUT2D eigenvalue weighted by molar-refractivity contribution is -0.144. The van der Waals surface area contributed by atoms with Crippen LogP contribution in [0.25, 0.3) is 11.1 Å². The van der Waals surface area contributed by atoms with Crippen molar-refractivity contribution < 1.29 is 38.6 Å². The molecule has 0 aromatic heterocycles. The summed E-state index contributed by atoms with van der Waals surface area (Å²) < 4.78 is 10.8. The van der Waals surface area contributed by atoms with Crippen LogP contribution in [0.5, 0.6) is 0 Å². The number of likely N-dealkylation sites (tertiary alicyclic amines) is 1.